The fraction of sp³-hybridized carbons (Fsp3) is 0.450. The maximum Gasteiger partial charge on any atom is 0.410 e. The molecule has 0 saturated carbocycles. The molecule has 0 radical (unpaired) electrons. The lowest BCUT2D eigenvalue weighted by Crippen LogP contribution is -2.48. The van der Waals surface area contributed by atoms with E-state index < -0.39 is 11.5 Å². The number of amides is 2. The SMILES string of the molecule is Cc1ccc(Cl)cc1NC(=O)/C(C#N)=C\N1CCN(C(=O)OC(C)(C)C)CC1. The lowest BCUT2D eigenvalue weighted by atomic mass is 10.2. The number of nitrogens with zero attached hydrogens (tertiary/aromatic N) is 3. The first-order valence-electron chi connectivity index (χ1n) is 9.00. The molecule has 1 saturated heterocycles. The Morgan fingerprint density at radius 2 is 1.89 bits per heavy atom. The monoisotopic (exact) mass is 404 g/mol. The largest absolute Gasteiger partial charge is 0.444 e. The third-order valence-electron chi connectivity index (χ3n) is 4.09. The third kappa shape index (κ3) is 6.17. The second-order valence-electron chi connectivity index (χ2n) is 7.57. The van der Waals surface area contributed by atoms with E-state index in [2.05, 4.69) is 5.32 Å². The number of carbonyl (C=O) groups is 2. The Morgan fingerprint density at radius 3 is 2.46 bits per heavy atom. The van der Waals surface area contributed by atoms with E-state index in [-0.39, 0.29) is 11.7 Å². The Morgan fingerprint density at radius 1 is 1.25 bits per heavy atom. The molecule has 1 heterocycles. The molecule has 1 N–H and O–H groups in total. The zero-order valence-electron chi connectivity index (χ0n) is 16.6. The molecule has 0 spiro atoms. The number of aryl methyl sites for hydroxylation is 1. The van der Waals surface area contributed by atoms with E-state index in [9.17, 15) is 14.9 Å². The molecule has 0 atom stereocenters. The molecule has 1 fully saturated rings. The Balaban J connectivity index is 1.98. The van der Waals surface area contributed by atoms with Crippen molar-refractivity contribution in [1.82, 2.24) is 9.80 Å². The van der Waals surface area contributed by atoms with E-state index in [0.29, 0.717) is 36.9 Å². The van der Waals surface area contributed by atoms with Crippen LogP contribution in [0.5, 0.6) is 0 Å². The molecule has 0 aromatic heterocycles. The highest BCUT2D eigenvalue weighted by Gasteiger charge is 2.25. The van der Waals surface area contributed by atoms with Crippen LogP contribution < -0.4 is 5.32 Å². The van der Waals surface area contributed by atoms with Gasteiger partial charge in [0.25, 0.3) is 5.91 Å². The van der Waals surface area contributed by atoms with Crippen molar-refractivity contribution in [2.45, 2.75) is 33.3 Å². The summed E-state index contributed by atoms with van der Waals surface area (Å²) >= 11 is 5.97. The van der Waals surface area contributed by atoms with Crippen LogP contribution in [-0.4, -0.2) is 53.6 Å². The third-order valence-corrected chi connectivity index (χ3v) is 4.33. The topological polar surface area (TPSA) is 85.7 Å². The van der Waals surface area contributed by atoms with Gasteiger partial charge < -0.3 is 19.9 Å². The minimum Gasteiger partial charge on any atom is -0.444 e. The molecule has 2 amide bonds. The molecule has 7 nitrogen and oxygen atoms in total. The average Bonchev–Trinajstić information content (AvgIpc) is 2.61. The van der Waals surface area contributed by atoms with Crippen molar-refractivity contribution in [2.24, 2.45) is 0 Å². The number of halogens is 1. The molecule has 1 aliphatic rings. The van der Waals surface area contributed by atoms with Crippen LogP contribution >= 0.6 is 11.6 Å². The summed E-state index contributed by atoms with van der Waals surface area (Å²) in [5, 5.41) is 12.6. The molecular formula is C20H25ClN4O3. The first kappa shape index (κ1) is 21.6. The molecule has 0 aliphatic carbocycles. The van der Waals surface area contributed by atoms with Gasteiger partial charge >= 0.3 is 6.09 Å². The number of benzene rings is 1. The van der Waals surface area contributed by atoms with Gasteiger partial charge in [-0.25, -0.2) is 4.79 Å². The van der Waals surface area contributed by atoms with Gasteiger partial charge in [0.1, 0.15) is 17.2 Å². The van der Waals surface area contributed by atoms with Crippen molar-refractivity contribution in [3.63, 3.8) is 0 Å². The first-order valence-corrected chi connectivity index (χ1v) is 9.38. The Labute approximate surface area is 170 Å². The summed E-state index contributed by atoms with van der Waals surface area (Å²) in [5.74, 6) is -0.498. The number of piperazine rings is 1. The lowest BCUT2D eigenvalue weighted by Gasteiger charge is -2.35. The highest BCUT2D eigenvalue weighted by atomic mass is 35.5. The van der Waals surface area contributed by atoms with Gasteiger partial charge in [-0.15, -0.1) is 0 Å². The van der Waals surface area contributed by atoms with Crippen molar-refractivity contribution in [3.8, 4) is 6.07 Å². The number of ether oxygens (including phenoxy) is 1. The molecule has 0 unspecified atom stereocenters. The van der Waals surface area contributed by atoms with E-state index in [4.69, 9.17) is 16.3 Å². The van der Waals surface area contributed by atoms with Gasteiger partial charge in [-0.3, -0.25) is 4.79 Å². The summed E-state index contributed by atoms with van der Waals surface area (Å²) in [6, 6.07) is 7.11. The smallest absolute Gasteiger partial charge is 0.410 e. The van der Waals surface area contributed by atoms with Gasteiger partial charge in [-0.05, 0) is 45.4 Å². The summed E-state index contributed by atoms with van der Waals surface area (Å²) < 4.78 is 5.37. The van der Waals surface area contributed by atoms with E-state index >= 15 is 0 Å². The van der Waals surface area contributed by atoms with Crippen molar-refractivity contribution in [3.05, 3.63) is 40.6 Å². The highest BCUT2D eigenvalue weighted by molar-refractivity contribution is 6.31. The minimum atomic E-state index is -0.543. The normalized spacial score (nSPS) is 15.1. The zero-order chi connectivity index (χ0) is 20.9. The fourth-order valence-electron chi connectivity index (χ4n) is 2.60. The van der Waals surface area contributed by atoms with Crippen LogP contribution in [0.3, 0.4) is 0 Å². The van der Waals surface area contributed by atoms with Crippen LogP contribution in [0.1, 0.15) is 26.3 Å². The van der Waals surface area contributed by atoms with Crippen molar-refractivity contribution < 1.29 is 14.3 Å². The highest BCUT2D eigenvalue weighted by Crippen LogP contribution is 2.21. The quantitative estimate of drug-likeness (QED) is 0.615. The number of carbonyl (C=O) groups excluding carboxylic acids is 2. The van der Waals surface area contributed by atoms with Gasteiger partial charge in [-0.1, -0.05) is 17.7 Å². The Bertz CT molecular complexity index is 816. The van der Waals surface area contributed by atoms with Gasteiger partial charge in [0.15, 0.2) is 0 Å². The summed E-state index contributed by atoms with van der Waals surface area (Å²) in [5.41, 5.74) is 0.859. The van der Waals surface area contributed by atoms with Crippen LogP contribution in [-0.2, 0) is 9.53 Å². The van der Waals surface area contributed by atoms with Crippen LogP contribution in [0.15, 0.2) is 30.0 Å². The Kier molecular flexibility index (Phi) is 6.92. The van der Waals surface area contributed by atoms with Gasteiger partial charge in [-0.2, -0.15) is 5.26 Å². The van der Waals surface area contributed by atoms with Crippen molar-refractivity contribution in [1.29, 1.82) is 5.26 Å². The first-order chi connectivity index (χ1) is 13.1. The number of rotatable bonds is 3. The standard InChI is InChI=1S/C20H25ClN4O3/c1-14-5-6-16(21)11-17(14)23-18(26)15(12-22)13-24-7-9-25(10-8-24)19(27)28-20(2,3)4/h5-6,11,13H,7-10H2,1-4H3,(H,23,26)/b15-13-. The van der Waals surface area contributed by atoms with E-state index in [1.165, 1.54) is 6.20 Å². The lowest BCUT2D eigenvalue weighted by molar-refractivity contribution is -0.112. The van der Waals surface area contributed by atoms with E-state index in [1.807, 2.05) is 38.7 Å². The van der Waals surface area contributed by atoms with Crippen LogP contribution in [0.25, 0.3) is 0 Å². The minimum absolute atomic E-state index is 0.00917. The molecule has 1 aromatic carbocycles. The zero-order valence-corrected chi connectivity index (χ0v) is 17.3. The predicted molar refractivity (Wildman–Crippen MR) is 108 cm³/mol. The predicted octanol–water partition coefficient (Wildman–Crippen LogP) is 3.55. The maximum atomic E-state index is 12.5. The van der Waals surface area contributed by atoms with Gasteiger partial charge in [0.2, 0.25) is 0 Å². The van der Waals surface area contributed by atoms with Crippen molar-refractivity contribution >= 4 is 29.3 Å². The summed E-state index contributed by atoms with van der Waals surface area (Å²) in [6.07, 6.45) is 1.17. The van der Waals surface area contributed by atoms with E-state index in [1.54, 1.807) is 23.1 Å². The van der Waals surface area contributed by atoms with Crippen LogP contribution in [0.2, 0.25) is 5.02 Å². The molecule has 1 aromatic rings. The van der Waals surface area contributed by atoms with Crippen LogP contribution in [0.4, 0.5) is 10.5 Å². The molecule has 28 heavy (non-hydrogen) atoms. The number of anilines is 1. The molecule has 8 heteroatoms. The number of nitrogens with one attached hydrogen (secondary N) is 1. The molecule has 0 bridgehead atoms. The average molecular weight is 405 g/mol. The summed E-state index contributed by atoms with van der Waals surface area (Å²) in [6.45, 7) is 9.24. The fourth-order valence-corrected chi connectivity index (χ4v) is 2.77. The second-order valence-corrected chi connectivity index (χ2v) is 8.01. The molecule has 1 aliphatic heterocycles. The van der Waals surface area contributed by atoms with Crippen molar-refractivity contribution in [2.75, 3.05) is 31.5 Å². The number of hydrogen-bond acceptors (Lipinski definition) is 5. The summed E-state index contributed by atoms with van der Waals surface area (Å²) in [7, 11) is 0. The van der Waals surface area contributed by atoms with Gasteiger partial charge in [0.05, 0.1) is 0 Å². The molecular weight excluding hydrogens is 380 g/mol. The number of hydrogen-bond donors (Lipinski definition) is 1. The van der Waals surface area contributed by atoms with E-state index in [0.717, 1.165) is 5.56 Å². The maximum absolute atomic E-state index is 12.5. The second kappa shape index (κ2) is 8.98. The molecule has 150 valence electrons. The Hall–Kier alpha value is -2.72. The van der Waals surface area contributed by atoms with Crippen LogP contribution in [0, 0.1) is 18.3 Å². The van der Waals surface area contributed by atoms with Gasteiger partial charge in [0, 0.05) is 43.1 Å². The number of nitriles is 1. The summed E-state index contributed by atoms with van der Waals surface area (Å²) in [4.78, 5) is 28.0. The molecule has 2 rings (SSSR count).